The topological polar surface area (TPSA) is 60.4 Å². The summed E-state index contributed by atoms with van der Waals surface area (Å²) in [6.07, 6.45) is 1.62. The van der Waals surface area contributed by atoms with Crippen LogP contribution in [0.2, 0.25) is 0 Å². The number of rotatable bonds is 8. The molecule has 1 unspecified atom stereocenters. The minimum absolute atomic E-state index is 0.00566. The number of nitrogens with zero attached hydrogens (tertiary/aromatic N) is 2. The highest BCUT2D eigenvalue weighted by Crippen LogP contribution is 2.21. The standard InChI is InChI=1S/C15H25FN2O4S/c1-8-12(20-4)11(16)9-13(21-5)18(3)15(23-7)17-10(2)14(19)22-6/h13H,2,8-9H2,1,3-7H3/b12-11-,17-15+. The maximum atomic E-state index is 14.2. The minimum Gasteiger partial charge on any atom is -0.498 e. The highest BCUT2D eigenvalue weighted by Gasteiger charge is 2.22. The van der Waals surface area contributed by atoms with Crippen molar-refractivity contribution in [3.63, 3.8) is 0 Å². The molecule has 0 bridgehead atoms. The van der Waals surface area contributed by atoms with Gasteiger partial charge in [0.15, 0.2) is 5.17 Å². The summed E-state index contributed by atoms with van der Waals surface area (Å²) < 4.78 is 29.1. The number of carbonyl (C=O) groups is 1. The van der Waals surface area contributed by atoms with Crippen LogP contribution in [-0.2, 0) is 19.0 Å². The van der Waals surface area contributed by atoms with Crippen LogP contribution in [0.1, 0.15) is 19.8 Å². The largest absolute Gasteiger partial charge is 0.498 e. The molecule has 0 spiro atoms. The van der Waals surface area contributed by atoms with Gasteiger partial charge in [0.1, 0.15) is 23.5 Å². The van der Waals surface area contributed by atoms with Crippen molar-refractivity contribution in [2.24, 2.45) is 4.99 Å². The predicted octanol–water partition coefficient (Wildman–Crippen LogP) is 2.92. The van der Waals surface area contributed by atoms with Gasteiger partial charge in [0.05, 0.1) is 14.2 Å². The van der Waals surface area contributed by atoms with E-state index in [1.54, 1.807) is 25.1 Å². The summed E-state index contributed by atoms with van der Waals surface area (Å²) in [5.74, 6) is -0.736. The van der Waals surface area contributed by atoms with Crippen molar-refractivity contribution < 1.29 is 23.4 Å². The highest BCUT2D eigenvalue weighted by atomic mass is 32.2. The summed E-state index contributed by atoms with van der Waals surface area (Å²) in [5, 5.41) is 0.454. The average molecular weight is 348 g/mol. The molecule has 0 aromatic carbocycles. The minimum atomic E-state index is -0.627. The lowest BCUT2D eigenvalue weighted by atomic mass is 10.2. The van der Waals surface area contributed by atoms with E-state index < -0.39 is 12.2 Å². The van der Waals surface area contributed by atoms with E-state index in [1.807, 2.05) is 0 Å². The lowest BCUT2D eigenvalue weighted by molar-refractivity contribution is -0.136. The molecule has 1 atom stereocenters. The van der Waals surface area contributed by atoms with E-state index in [4.69, 9.17) is 9.47 Å². The summed E-state index contributed by atoms with van der Waals surface area (Å²) in [6.45, 7) is 5.35. The summed E-state index contributed by atoms with van der Waals surface area (Å²) in [6, 6.07) is 0. The summed E-state index contributed by atoms with van der Waals surface area (Å²) in [7, 11) is 5.85. The third kappa shape index (κ3) is 6.62. The van der Waals surface area contributed by atoms with Gasteiger partial charge in [-0.05, 0) is 6.26 Å². The van der Waals surface area contributed by atoms with Crippen LogP contribution in [0.3, 0.4) is 0 Å². The van der Waals surface area contributed by atoms with Crippen LogP contribution >= 0.6 is 11.8 Å². The molecule has 8 heteroatoms. The molecule has 0 aromatic rings. The number of amidine groups is 1. The molecule has 0 saturated carbocycles. The molecule has 0 N–H and O–H groups in total. The molecule has 0 aliphatic rings. The van der Waals surface area contributed by atoms with Crippen LogP contribution in [0.25, 0.3) is 0 Å². The van der Waals surface area contributed by atoms with Crippen LogP contribution in [0, 0.1) is 0 Å². The SMILES string of the molecule is C=C(/N=C(/SC)N(C)C(C/C(F)=C(\CC)OC)OC)C(=O)OC. The van der Waals surface area contributed by atoms with Crippen molar-refractivity contribution in [2.45, 2.75) is 26.0 Å². The Morgan fingerprint density at radius 2 is 1.96 bits per heavy atom. The van der Waals surface area contributed by atoms with Gasteiger partial charge in [-0.15, -0.1) is 0 Å². The van der Waals surface area contributed by atoms with E-state index in [-0.39, 0.29) is 23.7 Å². The molecule has 132 valence electrons. The third-order valence-electron chi connectivity index (χ3n) is 3.06. The zero-order valence-electron chi connectivity index (χ0n) is 14.5. The van der Waals surface area contributed by atoms with E-state index in [1.165, 1.54) is 33.1 Å². The second-order valence-electron chi connectivity index (χ2n) is 4.43. The lowest BCUT2D eigenvalue weighted by Crippen LogP contribution is -2.37. The van der Waals surface area contributed by atoms with Crippen molar-refractivity contribution in [3.05, 3.63) is 23.9 Å². The van der Waals surface area contributed by atoms with Gasteiger partial charge in [0.2, 0.25) is 0 Å². The maximum Gasteiger partial charge on any atom is 0.356 e. The number of aliphatic imine (C=N–C) groups is 1. The third-order valence-corrected chi connectivity index (χ3v) is 3.81. The molecule has 0 aliphatic carbocycles. The van der Waals surface area contributed by atoms with E-state index >= 15 is 0 Å². The number of ether oxygens (including phenoxy) is 3. The fourth-order valence-corrected chi connectivity index (χ4v) is 2.37. The zero-order valence-corrected chi connectivity index (χ0v) is 15.3. The van der Waals surface area contributed by atoms with Gasteiger partial charge < -0.3 is 19.1 Å². The zero-order chi connectivity index (χ0) is 18.0. The molecule has 0 saturated heterocycles. The van der Waals surface area contributed by atoms with Crippen LogP contribution < -0.4 is 0 Å². The Hall–Kier alpha value is -1.54. The van der Waals surface area contributed by atoms with Gasteiger partial charge in [-0.1, -0.05) is 25.3 Å². The first kappa shape index (κ1) is 21.5. The Kier molecular flexibility index (Phi) is 10.3. The predicted molar refractivity (Wildman–Crippen MR) is 90.7 cm³/mol. The number of allylic oxidation sites excluding steroid dienone is 1. The van der Waals surface area contributed by atoms with E-state index in [0.29, 0.717) is 11.6 Å². The van der Waals surface area contributed by atoms with Crippen LogP contribution in [0.5, 0.6) is 0 Å². The smallest absolute Gasteiger partial charge is 0.356 e. The normalized spacial score (nSPS) is 14.0. The lowest BCUT2D eigenvalue weighted by Gasteiger charge is -2.28. The average Bonchev–Trinajstić information content (AvgIpc) is 2.56. The molecule has 0 rings (SSSR count). The number of methoxy groups -OCH3 is 3. The molecule has 6 nitrogen and oxygen atoms in total. The van der Waals surface area contributed by atoms with Crippen LogP contribution in [-0.4, -0.2) is 56.9 Å². The van der Waals surface area contributed by atoms with Crippen molar-refractivity contribution in [1.29, 1.82) is 0 Å². The van der Waals surface area contributed by atoms with Crippen molar-refractivity contribution in [3.8, 4) is 0 Å². The molecule has 0 fully saturated rings. The van der Waals surface area contributed by atoms with Gasteiger partial charge in [0, 0.05) is 27.0 Å². The molecule has 0 aromatic heterocycles. The monoisotopic (exact) mass is 348 g/mol. The van der Waals surface area contributed by atoms with Crippen LogP contribution in [0.15, 0.2) is 28.9 Å². The summed E-state index contributed by atoms with van der Waals surface area (Å²) in [4.78, 5) is 17.1. The highest BCUT2D eigenvalue weighted by molar-refractivity contribution is 8.13. The molecule has 0 heterocycles. The van der Waals surface area contributed by atoms with E-state index in [2.05, 4.69) is 16.3 Å². The summed E-state index contributed by atoms with van der Waals surface area (Å²) in [5.41, 5.74) is -0.0410. The number of esters is 1. The molecule has 0 amide bonds. The maximum absolute atomic E-state index is 14.2. The number of hydrogen-bond donors (Lipinski definition) is 0. The first-order chi connectivity index (χ1) is 10.9. The number of carbonyl (C=O) groups excluding carboxylic acids is 1. The first-order valence-electron chi connectivity index (χ1n) is 6.93. The Bertz CT molecular complexity index is 474. The van der Waals surface area contributed by atoms with Gasteiger partial charge in [-0.25, -0.2) is 14.2 Å². The Labute approximate surface area is 141 Å². The second kappa shape index (κ2) is 11.1. The Balaban J connectivity index is 5.28. The number of halogens is 1. The van der Waals surface area contributed by atoms with Crippen molar-refractivity contribution in [2.75, 3.05) is 34.6 Å². The van der Waals surface area contributed by atoms with Crippen LogP contribution in [0.4, 0.5) is 4.39 Å². The van der Waals surface area contributed by atoms with Gasteiger partial charge >= 0.3 is 5.97 Å². The van der Waals surface area contributed by atoms with Crippen molar-refractivity contribution in [1.82, 2.24) is 4.90 Å². The fraction of sp³-hybridized carbons (Fsp3) is 0.600. The van der Waals surface area contributed by atoms with E-state index in [0.717, 1.165) is 0 Å². The molecule has 23 heavy (non-hydrogen) atoms. The molecular weight excluding hydrogens is 323 g/mol. The van der Waals surface area contributed by atoms with Gasteiger partial charge in [0.25, 0.3) is 0 Å². The molecular formula is C15H25FN2O4S. The Morgan fingerprint density at radius 1 is 1.35 bits per heavy atom. The van der Waals surface area contributed by atoms with Gasteiger partial charge in [-0.2, -0.15) is 0 Å². The van der Waals surface area contributed by atoms with E-state index in [9.17, 15) is 9.18 Å². The summed E-state index contributed by atoms with van der Waals surface area (Å²) >= 11 is 1.28. The molecule has 0 radical (unpaired) electrons. The quantitative estimate of drug-likeness (QED) is 0.168. The van der Waals surface area contributed by atoms with Crippen molar-refractivity contribution >= 4 is 22.9 Å². The molecule has 0 aliphatic heterocycles. The number of hydrogen-bond acceptors (Lipinski definition) is 6. The second-order valence-corrected chi connectivity index (χ2v) is 5.20. The van der Waals surface area contributed by atoms with Gasteiger partial charge in [-0.3, -0.25) is 0 Å². The Morgan fingerprint density at radius 3 is 2.35 bits per heavy atom. The fourth-order valence-electron chi connectivity index (χ4n) is 1.76. The number of thioether (sulfide) groups is 1. The first-order valence-corrected chi connectivity index (χ1v) is 8.15.